The lowest BCUT2D eigenvalue weighted by atomic mass is 10.1. The number of benzene rings is 3. The van der Waals surface area contributed by atoms with Crippen LogP contribution in [-0.2, 0) is 13.1 Å². The van der Waals surface area contributed by atoms with Gasteiger partial charge in [-0.1, -0.05) is 52.9 Å². The summed E-state index contributed by atoms with van der Waals surface area (Å²) in [5.41, 5.74) is 3.73. The summed E-state index contributed by atoms with van der Waals surface area (Å²) < 4.78 is 3.29. The Morgan fingerprint density at radius 2 is 1.06 bits per heavy atom. The van der Waals surface area contributed by atoms with E-state index in [1.807, 2.05) is 60.7 Å². The number of hydrogen-bond donors (Lipinski definition) is 2. The molecule has 0 unspecified atom stereocenters. The highest BCUT2D eigenvalue weighted by Crippen LogP contribution is 2.09. The Morgan fingerprint density at radius 1 is 0.611 bits per heavy atom. The number of carbonyl (C=O) groups is 2. The SMILES string of the molecule is O=C(NCc1cn(-c2ccccc2)nn1)c1cccc(C(=O)NCc2cn(-c3ccccc3)nn2)c1. The fraction of sp³-hybridized carbons (Fsp3) is 0.0769. The van der Waals surface area contributed by atoms with Gasteiger partial charge in [0.15, 0.2) is 0 Å². The van der Waals surface area contributed by atoms with Crippen LogP contribution in [0.2, 0.25) is 0 Å². The number of hydrogen-bond acceptors (Lipinski definition) is 6. The number of nitrogens with zero attached hydrogens (tertiary/aromatic N) is 6. The summed E-state index contributed by atoms with van der Waals surface area (Å²) in [6.45, 7) is 0.415. The van der Waals surface area contributed by atoms with Gasteiger partial charge in [-0.3, -0.25) is 9.59 Å². The van der Waals surface area contributed by atoms with Crippen LogP contribution in [0.25, 0.3) is 11.4 Å². The predicted octanol–water partition coefficient (Wildman–Crippen LogP) is 2.71. The third-order valence-corrected chi connectivity index (χ3v) is 5.37. The highest BCUT2D eigenvalue weighted by molar-refractivity contribution is 5.99. The Balaban J connectivity index is 1.16. The van der Waals surface area contributed by atoms with Crippen LogP contribution in [0, 0.1) is 0 Å². The third kappa shape index (κ3) is 5.33. The average molecular weight is 479 g/mol. The van der Waals surface area contributed by atoms with Crippen molar-refractivity contribution in [1.82, 2.24) is 40.6 Å². The van der Waals surface area contributed by atoms with Crippen LogP contribution >= 0.6 is 0 Å². The van der Waals surface area contributed by atoms with E-state index < -0.39 is 0 Å². The van der Waals surface area contributed by atoms with E-state index >= 15 is 0 Å². The van der Waals surface area contributed by atoms with E-state index in [0.717, 1.165) is 11.4 Å². The van der Waals surface area contributed by atoms with Gasteiger partial charge in [-0.25, -0.2) is 9.36 Å². The van der Waals surface area contributed by atoms with Crippen molar-refractivity contribution in [3.05, 3.63) is 120 Å². The van der Waals surface area contributed by atoms with Crippen LogP contribution in [0.4, 0.5) is 0 Å². The second-order valence-electron chi connectivity index (χ2n) is 7.93. The molecule has 0 aliphatic rings. The first-order chi connectivity index (χ1) is 17.7. The molecule has 0 saturated carbocycles. The van der Waals surface area contributed by atoms with Crippen LogP contribution in [0.5, 0.6) is 0 Å². The van der Waals surface area contributed by atoms with E-state index in [0.29, 0.717) is 22.5 Å². The molecule has 5 rings (SSSR count). The number of rotatable bonds is 8. The molecule has 178 valence electrons. The van der Waals surface area contributed by atoms with Gasteiger partial charge in [0.05, 0.1) is 36.9 Å². The maximum atomic E-state index is 12.7. The van der Waals surface area contributed by atoms with Gasteiger partial charge in [0.2, 0.25) is 0 Å². The van der Waals surface area contributed by atoms with Crippen LogP contribution in [0.15, 0.2) is 97.3 Å². The largest absolute Gasteiger partial charge is 0.346 e. The van der Waals surface area contributed by atoms with E-state index in [9.17, 15) is 9.59 Å². The summed E-state index contributed by atoms with van der Waals surface area (Å²) in [6.07, 6.45) is 3.51. The molecule has 5 aromatic rings. The van der Waals surface area contributed by atoms with Gasteiger partial charge in [0, 0.05) is 11.1 Å². The topological polar surface area (TPSA) is 120 Å². The van der Waals surface area contributed by atoms with E-state index in [1.54, 1.807) is 46.0 Å². The van der Waals surface area contributed by atoms with Crippen molar-refractivity contribution in [2.75, 3.05) is 0 Å². The molecule has 2 amide bonds. The van der Waals surface area contributed by atoms with Crippen LogP contribution in [0.3, 0.4) is 0 Å². The zero-order chi connectivity index (χ0) is 24.7. The lowest BCUT2D eigenvalue weighted by Crippen LogP contribution is -2.25. The standard InChI is InChI=1S/C26H22N8O2/c35-25(27-15-21-17-33(31-29-21)23-10-3-1-4-11-23)19-8-7-9-20(14-19)26(36)28-16-22-18-34(32-30-22)24-12-5-2-6-13-24/h1-14,17-18H,15-16H2,(H,27,35)(H,28,36). The van der Waals surface area contributed by atoms with Gasteiger partial charge >= 0.3 is 0 Å². The molecule has 2 aromatic heterocycles. The van der Waals surface area contributed by atoms with Gasteiger partial charge in [-0.15, -0.1) is 10.2 Å². The number of carbonyl (C=O) groups excluding carboxylic acids is 2. The molecule has 3 aromatic carbocycles. The van der Waals surface area contributed by atoms with Gasteiger partial charge in [0.25, 0.3) is 11.8 Å². The number of nitrogens with one attached hydrogen (secondary N) is 2. The Bertz CT molecular complexity index is 1370. The molecule has 2 N–H and O–H groups in total. The second-order valence-corrected chi connectivity index (χ2v) is 7.93. The van der Waals surface area contributed by atoms with Gasteiger partial charge in [-0.05, 0) is 42.5 Å². The molecular weight excluding hydrogens is 456 g/mol. The van der Waals surface area contributed by atoms with Gasteiger partial charge < -0.3 is 10.6 Å². The van der Waals surface area contributed by atoms with Gasteiger partial charge in [0.1, 0.15) is 11.4 Å². The number of aromatic nitrogens is 6. The Kier molecular flexibility index (Phi) is 6.57. The molecule has 0 spiro atoms. The zero-order valence-corrected chi connectivity index (χ0v) is 19.2. The molecule has 2 heterocycles. The van der Waals surface area contributed by atoms with E-state index in [1.165, 1.54) is 0 Å². The van der Waals surface area contributed by atoms with Gasteiger partial charge in [-0.2, -0.15) is 0 Å². The molecule has 0 aliphatic heterocycles. The second kappa shape index (κ2) is 10.4. The first-order valence-electron chi connectivity index (χ1n) is 11.3. The summed E-state index contributed by atoms with van der Waals surface area (Å²) in [5.74, 6) is -0.630. The summed E-state index contributed by atoms with van der Waals surface area (Å²) in [5, 5.41) is 22.0. The van der Waals surface area contributed by atoms with Crippen LogP contribution < -0.4 is 10.6 Å². The molecule has 0 bridgehead atoms. The summed E-state index contributed by atoms with van der Waals surface area (Å²) in [6, 6.07) is 25.7. The quantitative estimate of drug-likeness (QED) is 0.354. The minimum Gasteiger partial charge on any atom is -0.346 e. The molecule has 0 atom stereocenters. The fourth-order valence-electron chi connectivity index (χ4n) is 3.52. The monoisotopic (exact) mass is 478 g/mol. The summed E-state index contributed by atoms with van der Waals surface area (Å²) in [7, 11) is 0. The Hall–Kier alpha value is -5.12. The summed E-state index contributed by atoms with van der Waals surface area (Å²) in [4.78, 5) is 25.3. The molecule has 0 fully saturated rings. The average Bonchev–Trinajstić information content (AvgIpc) is 3.62. The maximum Gasteiger partial charge on any atom is 0.251 e. The number of para-hydroxylation sites is 2. The summed E-state index contributed by atoms with van der Waals surface area (Å²) >= 11 is 0. The molecular formula is C26H22N8O2. The lowest BCUT2D eigenvalue weighted by molar-refractivity contribution is 0.0950. The van der Waals surface area contributed by atoms with E-state index in [-0.39, 0.29) is 24.9 Å². The van der Waals surface area contributed by atoms with E-state index in [4.69, 9.17) is 0 Å². The molecule has 0 saturated heterocycles. The first-order valence-corrected chi connectivity index (χ1v) is 11.3. The zero-order valence-electron chi connectivity index (χ0n) is 19.2. The van der Waals surface area contributed by atoms with Crippen molar-refractivity contribution in [3.63, 3.8) is 0 Å². The van der Waals surface area contributed by atoms with Crippen LogP contribution in [0.1, 0.15) is 32.1 Å². The lowest BCUT2D eigenvalue weighted by Gasteiger charge is -2.06. The first kappa shape index (κ1) is 22.7. The molecule has 0 aliphatic carbocycles. The van der Waals surface area contributed by atoms with Crippen molar-refractivity contribution < 1.29 is 9.59 Å². The predicted molar refractivity (Wildman–Crippen MR) is 132 cm³/mol. The Labute approximate surface area is 206 Å². The molecule has 36 heavy (non-hydrogen) atoms. The smallest absolute Gasteiger partial charge is 0.251 e. The van der Waals surface area contributed by atoms with Crippen molar-refractivity contribution >= 4 is 11.8 Å². The normalized spacial score (nSPS) is 10.7. The Morgan fingerprint density at radius 3 is 1.50 bits per heavy atom. The maximum absolute atomic E-state index is 12.7. The van der Waals surface area contributed by atoms with Crippen molar-refractivity contribution in [2.45, 2.75) is 13.1 Å². The molecule has 10 heteroatoms. The minimum atomic E-state index is -0.315. The van der Waals surface area contributed by atoms with Crippen LogP contribution in [-0.4, -0.2) is 41.8 Å². The fourth-order valence-corrected chi connectivity index (χ4v) is 3.52. The molecule has 0 radical (unpaired) electrons. The number of amides is 2. The van der Waals surface area contributed by atoms with Crippen molar-refractivity contribution in [3.8, 4) is 11.4 Å². The highest BCUT2D eigenvalue weighted by atomic mass is 16.2. The molecule has 10 nitrogen and oxygen atoms in total. The van der Waals surface area contributed by atoms with Crippen molar-refractivity contribution in [2.24, 2.45) is 0 Å². The highest BCUT2D eigenvalue weighted by Gasteiger charge is 2.12. The minimum absolute atomic E-state index is 0.208. The van der Waals surface area contributed by atoms with Crippen molar-refractivity contribution in [1.29, 1.82) is 0 Å². The third-order valence-electron chi connectivity index (χ3n) is 5.37. The van der Waals surface area contributed by atoms with E-state index in [2.05, 4.69) is 31.3 Å².